The van der Waals surface area contributed by atoms with Gasteiger partial charge in [0.1, 0.15) is 5.75 Å². The van der Waals surface area contributed by atoms with Crippen LogP contribution in [0.3, 0.4) is 0 Å². The molecule has 0 fully saturated rings. The zero-order valence-corrected chi connectivity index (χ0v) is 13.4. The zero-order chi connectivity index (χ0) is 15.1. The second kappa shape index (κ2) is 5.06. The van der Waals surface area contributed by atoms with Gasteiger partial charge in [-0.15, -0.1) is 5.10 Å². The first kappa shape index (κ1) is 14.8. The van der Waals surface area contributed by atoms with Crippen molar-refractivity contribution >= 4 is 31.6 Å². The van der Waals surface area contributed by atoms with Gasteiger partial charge < -0.3 is 5.11 Å². The number of aryl methyl sites for hydroxylation is 3. The Kier molecular flexibility index (Phi) is 3.74. The molecule has 20 heavy (non-hydrogen) atoms. The molecule has 0 saturated heterocycles. The number of hydrogen-bond donors (Lipinski definition) is 2. The highest BCUT2D eigenvalue weighted by Gasteiger charge is 2.24. The molecule has 0 amide bonds. The van der Waals surface area contributed by atoms with Crippen LogP contribution in [0.4, 0.5) is 5.69 Å². The lowest BCUT2D eigenvalue weighted by atomic mass is 10.1. The number of anilines is 1. The van der Waals surface area contributed by atoms with Crippen molar-refractivity contribution in [1.29, 1.82) is 0 Å². The van der Waals surface area contributed by atoms with Crippen LogP contribution in [0, 0.1) is 13.8 Å². The number of sulfonamides is 1. The molecule has 0 unspecified atom stereocenters. The minimum absolute atomic E-state index is 0.0670. The molecule has 2 aromatic rings. The molecule has 0 aliphatic carbocycles. The van der Waals surface area contributed by atoms with Crippen LogP contribution in [-0.4, -0.2) is 28.5 Å². The summed E-state index contributed by atoms with van der Waals surface area (Å²) in [6.07, 6.45) is 0. The average molecular weight is 361 g/mol. The maximum atomic E-state index is 12.3. The third kappa shape index (κ3) is 2.63. The van der Waals surface area contributed by atoms with Gasteiger partial charge in [0.15, 0.2) is 4.60 Å². The first-order valence-corrected chi connectivity index (χ1v) is 7.88. The lowest BCUT2D eigenvalue weighted by molar-refractivity contribution is 0.471. The summed E-state index contributed by atoms with van der Waals surface area (Å²) in [7, 11) is -2.34. The van der Waals surface area contributed by atoms with E-state index in [1.54, 1.807) is 19.9 Å². The highest BCUT2D eigenvalue weighted by Crippen LogP contribution is 2.28. The van der Waals surface area contributed by atoms with Crippen molar-refractivity contribution in [3.8, 4) is 5.75 Å². The lowest BCUT2D eigenvalue weighted by Crippen LogP contribution is -2.17. The number of nitrogens with one attached hydrogen (secondary N) is 1. The van der Waals surface area contributed by atoms with E-state index in [0.29, 0.717) is 16.8 Å². The Bertz CT molecular complexity index is 751. The van der Waals surface area contributed by atoms with Crippen LogP contribution in [0.5, 0.6) is 5.75 Å². The summed E-state index contributed by atoms with van der Waals surface area (Å²) < 4.78 is 28.5. The van der Waals surface area contributed by atoms with Gasteiger partial charge in [-0.25, -0.2) is 4.68 Å². The SMILES string of the molecule is Cc1cc(NS(=O)(=O)c2c(Br)nnn2C)c(C)cc1O. The van der Waals surface area contributed by atoms with Gasteiger partial charge in [0.25, 0.3) is 10.0 Å². The minimum atomic E-state index is -3.82. The monoisotopic (exact) mass is 360 g/mol. The molecule has 0 bridgehead atoms. The molecule has 0 atom stereocenters. The van der Waals surface area contributed by atoms with Crippen LogP contribution in [0.1, 0.15) is 11.1 Å². The fourth-order valence-corrected chi connectivity index (χ4v) is 3.93. The molecule has 1 aromatic heterocycles. The predicted octanol–water partition coefficient (Wildman–Crippen LogP) is 1.70. The first-order valence-electron chi connectivity index (χ1n) is 5.60. The molecule has 1 heterocycles. The Labute approximate surface area is 124 Å². The Hall–Kier alpha value is -1.61. The molecule has 7 nitrogen and oxygen atoms in total. The van der Waals surface area contributed by atoms with Crippen molar-refractivity contribution in [2.45, 2.75) is 18.9 Å². The predicted molar refractivity (Wildman–Crippen MR) is 77.1 cm³/mol. The van der Waals surface area contributed by atoms with E-state index in [0.717, 1.165) is 4.68 Å². The van der Waals surface area contributed by atoms with Gasteiger partial charge in [-0.05, 0) is 53.0 Å². The summed E-state index contributed by atoms with van der Waals surface area (Å²) in [6.45, 7) is 3.39. The fraction of sp³-hybridized carbons (Fsp3) is 0.273. The molecule has 0 saturated carbocycles. The van der Waals surface area contributed by atoms with E-state index in [1.165, 1.54) is 13.1 Å². The van der Waals surface area contributed by atoms with Crippen molar-refractivity contribution in [3.63, 3.8) is 0 Å². The number of nitrogens with zero attached hydrogens (tertiary/aromatic N) is 3. The van der Waals surface area contributed by atoms with Crippen LogP contribution >= 0.6 is 15.9 Å². The molecule has 0 radical (unpaired) electrons. The number of phenolic OH excluding ortho intramolecular Hbond substituents is 1. The summed E-state index contributed by atoms with van der Waals surface area (Å²) in [5.74, 6) is 0.119. The highest BCUT2D eigenvalue weighted by atomic mass is 79.9. The Morgan fingerprint density at radius 2 is 1.95 bits per heavy atom. The number of hydrogen-bond acceptors (Lipinski definition) is 5. The molecular weight excluding hydrogens is 348 g/mol. The van der Waals surface area contributed by atoms with Gasteiger partial charge in [-0.3, -0.25) is 4.72 Å². The number of rotatable bonds is 3. The van der Waals surface area contributed by atoms with Crippen molar-refractivity contribution in [2.24, 2.45) is 7.05 Å². The smallest absolute Gasteiger partial charge is 0.281 e. The second-order valence-corrected chi connectivity index (χ2v) is 6.72. The van der Waals surface area contributed by atoms with Gasteiger partial charge in [0.2, 0.25) is 5.03 Å². The van der Waals surface area contributed by atoms with E-state index < -0.39 is 10.0 Å². The van der Waals surface area contributed by atoms with Crippen molar-refractivity contribution in [1.82, 2.24) is 15.0 Å². The minimum Gasteiger partial charge on any atom is -0.508 e. The summed E-state index contributed by atoms with van der Waals surface area (Å²) in [4.78, 5) is 0. The third-order valence-electron chi connectivity index (χ3n) is 2.78. The van der Waals surface area contributed by atoms with Gasteiger partial charge in [-0.1, -0.05) is 5.21 Å². The Morgan fingerprint density at radius 1 is 1.30 bits per heavy atom. The maximum Gasteiger partial charge on any atom is 0.281 e. The van der Waals surface area contributed by atoms with Crippen molar-refractivity contribution in [3.05, 3.63) is 27.9 Å². The third-order valence-corrected chi connectivity index (χ3v) is 5.03. The molecule has 0 spiro atoms. The van der Waals surface area contributed by atoms with Crippen LogP contribution in [0.25, 0.3) is 0 Å². The van der Waals surface area contributed by atoms with Gasteiger partial charge in [-0.2, -0.15) is 8.42 Å². The average Bonchev–Trinajstić information content (AvgIpc) is 2.66. The summed E-state index contributed by atoms with van der Waals surface area (Å²) in [5, 5.41) is 16.8. The zero-order valence-electron chi connectivity index (χ0n) is 11.0. The van der Waals surface area contributed by atoms with Gasteiger partial charge >= 0.3 is 0 Å². The number of phenols is 1. The van der Waals surface area contributed by atoms with E-state index in [4.69, 9.17) is 0 Å². The largest absolute Gasteiger partial charge is 0.508 e. The van der Waals surface area contributed by atoms with Crippen LogP contribution in [-0.2, 0) is 17.1 Å². The van der Waals surface area contributed by atoms with Crippen LogP contribution in [0.2, 0.25) is 0 Å². The van der Waals surface area contributed by atoms with E-state index >= 15 is 0 Å². The number of aromatic hydroxyl groups is 1. The normalized spacial score (nSPS) is 11.6. The molecule has 9 heteroatoms. The number of benzene rings is 1. The first-order chi connectivity index (χ1) is 9.22. The van der Waals surface area contributed by atoms with E-state index in [9.17, 15) is 13.5 Å². The molecular formula is C11H13BrN4O3S. The summed E-state index contributed by atoms with van der Waals surface area (Å²) in [6, 6.07) is 3.07. The maximum absolute atomic E-state index is 12.3. The fourth-order valence-electron chi connectivity index (χ4n) is 1.71. The van der Waals surface area contributed by atoms with Gasteiger partial charge in [0, 0.05) is 7.05 Å². The number of halogens is 1. The summed E-state index contributed by atoms with van der Waals surface area (Å²) in [5.41, 5.74) is 1.59. The summed E-state index contributed by atoms with van der Waals surface area (Å²) >= 11 is 3.06. The second-order valence-electron chi connectivity index (χ2n) is 4.37. The molecule has 2 N–H and O–H groups in total. The Balaban J connectivity index is 2.47. The van der Waals surface area contributed by atoms with E-state index in [1.807, 2.05) is 0 Å². The van der Waals surface area contributed by atoms with E-state index in [2.05, 4.69) is 31.0 Å². The van der Waals surface area contributed by atoms with Gasteiger partial charge in [0.05, 0.1) is 5.69 Å². The molecule has 0 aliphatic rings. The van der Waals surface area contributed by atoms with Crippen molar-refractivity contribution < 1.29 is 13.5 Å². The lowest BCUT2D eigenvalue weighted by Gasteiger charge is -2.12. The van der Waals surface area contributed by atoms with Crippen LogP contribution < -0.4 is 4.72 Å². The van der Waals surface area contributed by atoms with Crippen LogP contribution in [0.15, 0.2) is 21.8 Å². The molecule has 108 valence electrons. The Morgan fingerprint density at radius 3 is 2.50 bits per heavy atom. The standard InChI is InChI=1S/C11H13BrN4O3S/c1-6-5-9(17)7(2)4-8(6)14-20(18,19)11-10(12)13-15-16(11)3/h4-5,14,17H,1-3H3. The van der Waals surface area contributed by atoms with E-state index in [-0.39, 0.29) is 15.4 Å². The van der Waals surface area contributed by atoms with Crippen molar-refractivity contribution in [2.75, 3.05) is 4.72 Å². The topological polar surface area (TPSA) is 97.1 Å². The molecule has 1 aromatic carbocycles. The quantitative estimate of drug-likeness (QED) is 0.811. The molecule has 0 aliphatic heterocycles. The highest BCUT2D eigenvalue weighted by molar-refractivity contribution is 9.10. The number of aromatic nitrogens is 3. The molecule has 2 rings (SSSR count).